The molecule has 386 valence electrons. The first-order valence-corrected chi connectivity index (χ1v) is 26.3. The predicted molar refractivity (Wildman–Crippen MR) is 287 cm³/mol. The number of hydrogen-bond acceptors (Lipinski definition) is 11. The first-order valence-electron chi connectivity index (χ1n) is 23.4. The number of para-hydroxylation sites is 1. The number of aryl methyl sites for hydroxylation is 2. The number of primary amides is 1. The minimum absolute atomic E-state index is 0.154. The van der Waals surface area contributed by atoms with Crippen molar-refractivity contribution in [3.8, 4) is 37.5 Å². The van der Waals surface area contributed by atoms with Gasteiger partial charge in [-0.05, 0) is 118 Å². The van der Waals surface area contributed by atoms with Crippen LogP contribution in [-0.2, 0) is 32.9 Å². The van der Waals surface area contributed by atoms with Crippen LogP contribution in [0.25, 0.3) is 0 Å². The number of anilines is 2. The summed E-state index contributed by atoms with van der Waals surface area (Å²) in [6, 6.07) is 31.1. The third-order valence-corrected chi connectivity index (χ3v) is 14.9. The molecule has 0 saturated heterocycles. The fraction of sp³-hybridized carbons (Fsp3) is 0.268. The Labute approximate surface area is 434 Å². The third-order valence-electron chi connectivity index (χ3n) is 11.9. The van der Waals surface area contributed by atoms with Gasteiger partial charge in [-0.3, -0.25) is 14.4 Å². The largest absolute Gasteiger partial charge is 0.471 e. The van der Waals surface area contributed by atoms with Gasteiger partial charge in [0, 0.05) is 60.3 Å². The quantitative estimate of drug-likeness (QED) is 0.0801. The van der Waals surface area contributed by atoms with Crippen LogP contribution in [-0.4, -0.2) is 62.8 Å². The van der Waals surface area contributed by atoms with Gasteiger partial charge in [-0.15, -0.1) is 25.7 Å². The third kappa shape index (κ3) is 14.2. The molecule has 0 spiro atoms. The monoisotopic (exact) mass is 1040 g/mol. The van der Waals surface area contributed by atoms with Gasteiger partial charge >= 0.3 is 0 Å². The molecule has 6 aromatic rings. The van der Waals surface area contributed by atoms with Crippen molar-refractivity contribution >= 4 is 49.1 Å². The van der Waals surface area contributed by atoms with Crippen LogP contribution in [0.4, 0.5) is 11.4 Å². The van der Waals surface area contributed by atoms with Gasteiger partial charge < -0.3 is 25.4 Å². The lowest BCUT2D eigenvalue weighted by Crippen LogP contribution is -2.42. The molecule has 2 aromatic heterocycles. The SMILES string of the molecule is C#C.C#C.CCc1ccc(S(=O)(=O)N[C@H]2CC(C)(C)Oc3ncc(C(=O)N(C)c4ccccc4)cc32)cc1.CCc1ccc(S(=O)(=O)N[C@H]2CC(C)(C)Oc3ncc(C(=O)Nc4cccc(C(N)=O)c4)cc32)cc1. The molecule has 8 rings (SSSR count). The maximum Gasteiger partial charge on any atom is 0.259 e. The number of rotatable bonds is 13. The molecule has 2 aliphatic rings. The molecule has 4 aromatic carbocycles. The van der Waals surface area contributed by atoms with E-state index in [1.54, 1.807) is 73.8 Å². The molecule has 0 saturated carbocycles. The standard InChI is InChI=1S/C26H28N4O5S.C26H29N3O4S.2C2H2/c1-4-16-8-10-20(11-9-16)36(33,34)30-22-14-26(2,3)35-25-21(22)13-18(15-28-25)24(32)29-19-7-5-6-17(12-19)23(27)31;1-5-18-11-13-21(14-12-18)34(31,32)28-23-16-26(2,3)33-24-22(23)15-19(17-27-24)25(30)29(4)20-9-7-6-8-10-20;2*1-2/h5-13,15,22,30H,4,14H2,1-3H3,(H2,27,31)(H,29,32);6-15,17,23,28H,5,16H2,1-4H3;2*1-2H/t22-;23-;;/m00../s1. The lowest BCUT2D eigenvalue weighted by Gasteiger charge is -2.37. The molecular weight excluding hydrogens is 979 g/mol. The molecule has 0 unspecified atom stereocenters. The predicted octanol–water partition coefficient (Wildman–Crippen LogP) is 8.58. The highest BCUT2D eigenvalue weighted by atomic mass is 32.2. The van der Waals surface area contributed by atoms with Gasteiger partial charge in [0.15, 0.2) is 0 Å². The first-order chi connectivity index (χ1) is 35.1. The fourth-order valence-corrected chi connectivity index (χ4v) is 10.5. The fourth-order valence-electron chi connectivity index (χ4n) is 8.10. The molecule has 74 heavy (non-hydrogen) atoms. The van der Waals surface area contributed by atoms with E-state index in [9.17, 15) is 31.2 Å². The summed E-state index contributed by atoms with van der Waals surface area (Å²) in [6.45, 7) is 11.5. The maximum absolute atomic E-state index is 13.2. The molecule has 2 aliphatic heterocycles. The minimum atomic E-state index is -3.85. The number of nitrogens with two attached hydrogens (primary N) is 1. The Kier molecular flexibility index (Phi) is 18.7. The Bertz CT molecular complexity index is 3230. The summed E-state index contributed by atoms with van der Waals surface area (Å²) in [5.41, 5.74) is 9.05. The number of pyridine rings is 2. The average molecular weight is 1040 g/mol. The number of ether oxygens (including phenoxy) is 2. The Balaban J connectivity index is 0.000000257. The number of nitrogens with zero attached hydrogens (tertiary/aromatic N) is 3. The molecule has 0 radical (unpaired) electrons. The lowest BCUT2D eigenvalue weighted by molar-refractivity contribution is 0.0634. The van der Waals surface area contributed by atoms with E-state index in [2.05, 4.69) is 50.4 Å². The number of nitrogens with one attached hydrogen (secondary N) is 3. The van der Waals surface area contributed by atoms with Crippen molar-refractivity contribution < 1.29 is 40.7 Å². The zero-order valence-corrected chi connectivity index (χ0v) is 44.0. The Morgan fingerprint density at radius 3 is 1.53 bits per heavy atom. The number of aromatic nitrogens is 2. The van der Waals surface area contributed by atoms with Crippen molar-refractivity contribution in [1.82, 2.24) is 19.4 Å². The van der Waals surface area contributed by atoms with Crippen LogP contribution in [0.15, 0.2) is 137 Å². The summed E-state index contributed by atoms with van der Waals surface area (Å²) in [5, 5.41) is 2.71. The van der Waals surface area contributed by atoms with Gasteiger partial charge in [-0.2, -0.15) is 0 Å². The molecule has 2 atom stereocenters. The smallest absolute Gasteiger partial charge is 0.259 e. The van der Waals surface area contributed by atoms with Gasteiger partial charge in [-0.25, -0.2) is 36.2 Å². The number of benzene rings is 4. The van der Waals surface area contributed by atoms with Crippen molar-refractivity contribution in [3.05, 3.63) is 167 Å². The minimum Gasteiger partial charge on any atom is -0.471 e. The Hall–Kier alpha value is -7.87. The van der Waals surface area contributed by atoms with Crippen LogP contribution in [0.3, 0.4) is 0 Å². The topological polar surface area (TPSA) is 229 Å². The van der Waals surface area contributed by atoms with Crippen molar-refractivity contribution in [1.29, 1.82) is 0 Å². The van der Waals surface area contributed by atoms with Crippen LogP contribution in [0, 0.1) is 25.7 Å². The van der Waals surface area contributed by atoms with Crippen LogP contribution >= 0.6 is 0 Å². The van der Waals surface area contributed by atoms with Crippen LogP contribution < -0.4 is 34.9 Å². The van der Waals surface area contributed by atoms with Gasteiger partial charge in [0.05, 0.1) is 33.0 Å². The van der Waals surface area contributed by atoms with Crippen LogP contribution in [0.1, 0.15) is 120 Å². The average Bonchev–Trinajstić information content (AvgIpc) is 3.39. The number of amides is 3. The van der Waals surface area contributed by atoms with E-state index in [4.69, 9.17) is 15.2 Å². The number of terminal acetylenes is 2. The lowest BCUT2D eigenvalue weighted by atomic mass is 9.91. The second kappa shape index (κ2) is 24.2. The van der Waals surface area contributed by atoms with Gasteiger partial charge in [-0.1, -0.05) is 62.4 Å². The summed E-state index contributed by atoms with van der Waals surface area (Å²) >= 11 is 0. The molecule has 16 nitrogen and oxygen atoms in total. The zero-order chi connectivity index (χ0) is 54.6. The molecular formula is C56H61N7O9S2. The summed E-state index contributed by atoms with van der Waals surface area (Å²) in [6.07, 6.45) is 21.2. The highest BCUT2D eigenvalue weighted by Gasteiger charge is 2.39. The molecule has 3 amide bonds. The zero-order valence-electron chi connectivity index (χ0n) is 42.3. The van der Waals surface area contributed by atoms with Crippen molar-refractivity contribution in [2.45, 2.75) is 100 Å². The van der Waals surface area contributed by atoms with Crippen molar-refractivity contribution in [2.24, 2.45) is 5.73 Å². The van der Waals surface area contributed by atoms with E-state index in [1.165, 1.54) is 23.4 Å². The Morgan fingerprint density at radius 1 is 0.635 bits per heavy atom. The number of carbonyl (C=O) groups excluding carboxylic acids is 3. The van der Waals surface area contributed by atoms with Gasteiger partial charge in [0.1, 0.15) is 11.2 Å². The highest BCUT2D eigenvalue weighted by molar-refractivity contribution is 7.89. The molecule has 0 bridgehead atoms. The summed E-state index contributed by atoms with van der Waals surface area (Å²) in [5.74, 6) is -0.755. The summed E-state index contributed by atoms with van der Waals surface area (Å²) in [7, 11) is -5.96. The second-order valence-corrected chi connectivity index (χ2v) is 21.7. The van der Waals surface area contributed by atoms with E-state index in [-0.39, 0.29) is 32.7 Å². The molecule has 4 heterocycles. The highest BCUT2D eigenvalue weighted by Crippen LogP contribution is 2.41. The van der Waals surface area contributed by atoms with Crippen LogP contribution in [0.5, 0.6) is 11.8 Å². The maximum atomic E-state index is 13.2. The molecule has 0 aliphatic carbocycles. The van der Waals surface area contributed by atoms with E-state index < -0.39 is 55.1 Å². The number of sulfonamides is 2. The molecule has 5 N–H and O–H groups in total. The van der Waals surface area contributed by atoms with Crippen molar-refractivity contribution in [3.63, 3.8) is 0 Å². The second-order valence-electron chi connectivity index (χ2n) is 18.3. The summed E-state index contributed by atoms with van der Waals surface area (Å²) in [4.78, 5) is 48.1. The number of hydrogen-bond donors (Lipinski definition) is 4. The number of fused-ring (bicyclic) bond motifs is 2. The summed E-state index contributed by atoms with van der Waals surface area (Å²) < 4.78 is 70.3. The van der Waals surface area contributed by atoms with Crippen molar-refractivity contribution in [2.75, 3.05) is 17.3 Å². The molecule has 0 fully saturated rings. The Morgan fingerprint density at radius 2 is 1.08 bits per heavy atom. The van der Waals surface area contributed by atoms with E-state index >= 15 is 0 Å². The van der Waals surface area contributed by atoms with E-state index in [1.807, 2.05) is 84.0 Å². The van der Waals surface area contributed by atoms with Gasteiger partial charge in [0.25, 0.3) is 11.8 Å². The normalized spacial score (nSPS) is 15.8. The first kappa shape index (κ1) is 57.0. The number of carbonyl (C=O) groups is 3. The van der Waals surface area contributed by atoms with E-state index in [0.717, 1.165) is 29.7 Å². The molecule has 18 heteroatoms. The van der Waals surface area contributed by atoms with E-state index in [0.29, 0.717) is 41.1 Å². The van der Waals surface area contributed by atoms with Crippen LogP contribution in [0.2, 0.25) is 0 Å². The van der Waals surface area contributed by atoms with Gasteiger partial charge in [0.2, 0.25) is 37.7 Å².